The predicted molar refractivity (Wildman–Crippen MR) is 106 cm³/mol. The summed E-state index contributed by atoms with van der Waals surface area (Å²) < 4.78 is 42.0. The average Bonchev–Trinajstić information content (AvgIpc) is 3.05. The van der Waals surface area contributed by atoms with Crippen molar-refractivity contribution in [2.24, 2.45) is 0 Å². The van der Waals surface area contributed by atoms with Gasteiger partial charge in [0.05, 0.1) is 0 Å². The first-order valence-electron chi connectivity index (χ1n) is 10.2. The highest BCUT2D eigenvalue weighted by Gasteiger charge is 2.44. The van der Waals surface area contributed by atoms with Crippen LogP contribution in [0.2, 0.25) is 0 Å². The molecule has 2 atom stereocenters. The van der Waals surface area contributed by atoms with E-state index in [0.29, 0.717) is 50.2 Å². The Balaban J connectivity index is 1.21. The number of ether oxygens (including phenoxy) is 3. The normalized spacial score (nSPS) is 24.4. The van der Waals surface area contributed by atoms with Crippen LogP contribution in [0.25, 0.3) is 0 Å². The highest BCUT2D eigenvalue weighted by Crippen LogP contribution is 2.43. The first-order valence-corrected chi connectivity index (χ1v) is 10.2. The minimum atomic E-state index is -3.66. The van der Waals surface area contributed by atoms with Gasteiger partial charge in [-0.2, -0.15) is 0 Å². The van der Waals surface area contributed by atoms with Gasteiger partial charge in [-0.15, -0.1) is 8.78 Å². The van der Waals surface area contributed by atoms with Gasteiger partial charge in [-0.25, -0.2) is 0 Å². The molecule has 0 aliphatic carbocycles. The van der Waals surface area contributed by atoms with Gasteiger partial charge >= 0.3 is 6.29 Å². The number of aliphatic hydroxyl groups is 1. The summed E-state index contributed by atoms with van der Waals surface area (Å²) in [6.07, 6.45) is -3.08. The third kappa shape index (κ3) is 4.15. The Morgan fingerprint density at radius 2 is 2.10 bits per heavy atom. The van der Waals surface area contributed by atoms with E-state index in [1.807, 2.05) is 17.0 Å². The van der Waals surface area contributed by atoms with Crippen LogP contribution in [-0.2, 0) is 17.8 Å². The van der Waals surface area contributed by atoms with Crippen molar-refractivity contribution >= 4 is 11.6 Å². The number of para-hydroxylation sites is 1. The highest BCUT2D eigenvalue weighted by molar-refractivity contribution is 5.94. The number of rotatable bonds is 4. The molecule has 3 aliphatic rings. The number of hydrogen-bond acceptors (Lipinski definition) is 6. The maximum Gasteiger partial charge on any atom is 0.586 e. The summed E-state index contributed by atoms with van der Waals surface area (Å²) >= 11 is 0. The Labute approximate surface area is 177 Å². The van der Waals surface area contributed by atoms with Crippen LogP contribution in [0.3, 0.4) is 0 Å². The van der Waals surface area contributed by atoms with Crippen LogP contribution in [0, 0.1) is 0 Å². The second-order valence-electron chi connectivity index (χ2n) is 8.03. The molecule has 2 aromatic carbocycles. The molecule has 31 heavy (non-hydrogen) atoms. The first-order chi connectivity index (χ1) is 14.9. The lowest BCUT2D eigenvalue weighted by molar-refractivity contribution is -0.287. The molecule has 164 valence electrons. The third-order valence-corrected chi connectivity index (χ3v) is 5.77. The third-order valence-electron chi connectivity index (χ3n) is 5.77. The molecule has 0 spiro atoms. The number of piperidine rings is 1. The van der Waals surface area contributed by atoms with E-state index in [1.165, 1.54) is 6.07 Å². The van der Waals surface area contributed by atoms with Crippen LogP contribution < -0.4 is 19.5 Å². The van der Waals surface area contributed by atoms with Crippen molar-refractivity contribution in [2.75, 3.05) is 18.4 Å². The van der Waals surface area contributed by atoms with Crippen molar-refractivity contribution < 1.29 is 32.9 Å². The quantitative estimate of drug-likeness (QED) is 0.774. The largest absolute Gasteiger partial charge is 0.586 e. The molecule has 0 saturated carbocycles. The summed E-state index contributed by atoms with van der Waals surface area (Å²) in [4.78, 5) is 13.5. The maximum atomic E-state index is 13.4. The Kier molecular flexibility index (Phi) is 4.94. The molecule has 7 nitrogen and oxygen atoms in total. The molecular formula is C22H22F2N2O5. The summed E-state index contributed by atoms with van der Waals surface area (Å²) in [6, 6.07) is 10.3. The molecule has 0 radical (unpaired) electrons. The number of likely N-dealkylation sites (tertiary alicyclic amines) is 1. The highest BCUT2D eigenvalue weighted by atomic mass is 19.3. The fraction of sp³-hybridized carbons (Fsp3) is 0.409. The molecule has 1 amide bonds. The van der Waals surface area contributed by atoms with Gasteiger partial charge in [-0.1, -0.05) is 12.1 Å². The molecule has 0 unspecified atom stereocenters. The van der Waals surface area contributed by atoms with E-state index in [4.69, 9.17) is 4.74 Å². The lowest BCUT2D eigenvalue weighted by atomic mass is 10.0. The standard InChI is InChI=1S/C22H22F2N2O5/c23-22(24)30-19-3-1-2-14(21(19)31-22)11-26-9-8-18(17(27)12-26)29-15-5-6-16-13(10-15)4-7-20(28)25-16/h1-3,5-6,10,17-18,27H,4,7-9,11-12H2,(H,25,28)/t17-,18-/m1/s1. The van der Waals surface area contributed by atoms with Crippen LogP contribution in [-0.4, -0.2) is 47.5 Å². The second-order valence-corrected chi connectivity index (χ2v) is 8.03. The zero-order valence-corrected chi connectivity index (χ0v) is 16.6. The van der Waals surface area contributed by atoms with E-state index in [0.717, 1.165) is 11.3 Å². The zero-order chi connectivity index (χ0) is 21.6. The second kappa shape index (κ2) is 7.65. The fourth-order valence-corrected chi connectivity index (χ4v) is 4.26. The number of nitrogens with zero attached hydrogens (tertiary/aromatic N) is 1. The molecule has 3 heterocycles. The molecule has 2 N–H and O–H groups in total. The van der Waals surface area contributed by atoms with Crippen molar-refractivity contribution in [1.29, 1.82) is 0 Å². The number of benzene rings is 2. The van der Waals surface area contributed by atoms with Gasteiger partial charge in [0.2, 0.25) is 5.91 Å². The average molecular weight is 432 g/mol. The van der Waals surface area contributed by atoms with E-state index in [2.05, 4.69) is 14.8 Å². The van der Waals surface area contributed by atoms with Gasteiger partial charge in [0.25, 0.3) is 0 Å². The predicted octanol–water partition coefficient (Wildman–Crippen LogP) is 2.91. The number of halogens is 2. The van der Waals surface area contributed by atoms with E-state index in [1.54, 1.807) is 18.2 Å². The fourth-order valence-electron chi connectivity index (χ4n) is 4.26. The molecular weight excluding hydrogens is 410 g/mol. The van der Waals surface area contributed by atoms with Gasteiger partial charge in [0.1, 0.15) is 18.0 Å². The van der Waals surface area contributed by atoms with Crippen molar-refractivity contribution in [2.45, 2.75) is 44.3 Å². The molecule has 2 aromatic rings. The zero-order valence-electron chi connectivity index (χ0n) is 16.6. The van der Waals surface area contributed by atoms with Crippen LogP contribution in [0.1, 0.15) is 24.0 Å². The number of nitrogens with one attached hydrogen (secondary N) is 1. The minimum absolute atomic E-state index is 0.00806. The molecule has 1 saturated heterocycles. The Morgan fingerprint density at radius 3 is 2.94 bits per heavy atom. The van der Waals surface area contributed by atoms with Crippen LogP contribution in [0.15, 0.2) is 36.4 Å². The van der Waals surface area contributed by atoms with Gasteiger partial charge < -0.3 is 24.6 Å². The number of aryl methyl sites for hydroxylation is 1. The Bertz CT molecular complexity index is 1020. The molecule has 1 fully saturated rings. The topological polar surface area (TPSA) is 80.3 Å². The monoisotopic (exact) mass is 432 g/mol. The van der Waals surface area contributed by atoms with Crippen molar-refractivity contribution in [3.63, 3.8) is 0 Å². The number of carbonyl (C=O) groups excluding carboxylic acids is 1. The van der Waals surface area contributed by atoms with Gasteiger partial charge in [-0.05, 0) is 42.7 Å². The summed E-state index contributed by atoms with van der Waals surface area (Å²) in [5.41, 5.74) is 2.39. The number of aliphatic hydroxyl groups excluding tert-OH is 1. The number of carbonyl (C=O) groups is 1. The minimum Gasteiger partial charge on any atom is -0.488 e. The number of fused-ring (bicyclic) bond motifs is 2. The van der Waals surface area contributed by atoms with E-state index in [9.17, 15) is 18.7 Å². The number of hydrogen-bond donors (Lipinski definition) is 2. The van der Waals surface area contributed by atoms with Gasteiger partial charge in [0, 0.05) is 37.3 Å². The number of alkyl halides is 2. The number of amides is 1. The smallest absolute Gasteiger partial charge is 0.488 e. The van der Waals surface area contributed by atoms with Crippen molar-refractivity contribution in [3.05, 3.63) is 47.5 Å². The van der Waals surface area contributed by atoms with Crippen molar-refractivity contribution in [1.82, 2.24) is 4.90 Å². The molecule has 0 bridgehead atoms. The van der Waals surface area contributed by atoms with Gasteiger partial charge in [-0.3, -0.25) is 9.69 Å². The SMILES string of the molecule is O=C1CCc2cc(O[C@@H]3CCN(Cc4cccc5c4OC(F)(F)O5)C[C@H]3O)ccc2N1. The number of β-amino-alcohol motifs (C(OH)–C–C–N with tert-alkyl or cyclic N) is 1. The van der Waals surface area contributed by atoms with E-state index in [-0.39, 0.29) is 23.5 Å². The molecule has 0 aromatic heterocycles. The van der Waals surface area contributed by atoms with Crippen LogP contribution in [0.4, 0.5) is 14.5 Å². The Morgan fingerprint density at radius 1 is 1.23 bits per heavy atom. The summed E-state index contributed by atoms with van der Waals surface area (Å²) in [5.74, 6) is 0.723. The lowest BCUT2D eigenvalue weighted by Crippen LogP contribution is -2.48. The molecule has 9 heteroatoms. The van der Waals surface area contributed by atoms with Gasteiger partial charge in [0.15, 0.2) is 11.5 Å². The molecule has 5 rings (SSSR count). The first kappa shape index (κ1) is 20.0. The number of anilines is 1. The summed E-state index contributed by atoms with van der Waals surface area (Å²) in [5, 5.41) is 13.5. The van der Waals surface area contributed by atoms with E-state index < -0.39 is 12.4 Å². The Hall–Kier alpha value is -2.91. The maximum absolute atomic E-state index is 13.4. The van der Waals surface area contributed by atoms with Crippen molar-refractivity contribution in [3.8, 4) is 17.2 Å². The van der Waals surface area contributed by atoms with Crippen LogP contribution in [0.5, 0.6) is 17.2 Å². The summed E-state index contributed by atoms with van der Waals surface area (Å²) in [6.45, 7) is 1.32. The lowest BCUT2D eigenvalue weighted by Gasteiger charge is -2.36. The molecule has 3 aliphatic heterocycles. The summed E-state index contributed by atoms with van der Waals surface area (Å²) in [7, 11) is 0. The van der Waals surface area contributed by atoms with E-state index >= 15 is 0 Å². The van der Waals surface area contributed by atoms with Crippen LogP contribution >= 0.6 is 0 Å².